The van der Waals surface area contributed by atoms with E-state index in [1.165, 1.54) is 43.3 Å². The second-order valence-electron chi connectivity index (χ2n) is 10.5. The molecule has 7 heteroatoms. The lowest BCUT2D eigenvalue weighted by molar-refractivity contribution is -0.142. The number of carbonyl (C=O) groups excluding carboxylic acids is 1. The zero-order valence-electron chi connectivity index (χ0n) is 20.4. The van der Waals surface area contributed by atoms with Gasteiger partial charge in [-0.1, -0.05) is 49.0 Å². The summed E-state index contributed by atoms with van der Waals surface area (Å²) >= 11 is 6.26. The van der Waals surface area contributed by atoms with Gasteiger partial charge in [-0.25, -0.2) is 0 Å². The van der Waals surface area contributed by atoms with E-state index in [-0.39, 0.29) is 24.2 Å². The molecule has 6 nitrogen and oxygen atoms in total. The highest BCUT2D eigenvalue weighted by molar-refractivity contribution is 6.20. The van der Waals surface area contributed by atoms with Gasteiger partial charge in [0.2, 0.25) is 5.91 Å². The quantitative estimate of drug-likeness (QED) is 0.230. The van der Waals surface area contributed by atoms with Crippen LogP contribution in [0.15, 0.2) is 22.8 Å². The summed E-state index contributed by atoms with van der Waals surface area (Å²) in [7, 11) is 0. The Labute approximate surface area is 204 Å². The average Bonchev–Trinajstić information content (AvgIpc) is 2.78. The number of hydrogen-bond donors (Lipinski definition) is 4. The molecule has 4 aliphatic rings. The molecule has 2 heterocycles. The Balaban J connectivity index is 1.46. The van der Waals surface area contributed by atoms with Crippen molar-refractivity contribution in [3.63, 3.8) is 0 Å². The van der Waals surface area contributed by atoms with E-state index in [4.69, 9.17) is 11.6 Å². The van der Waals surface area contributed by atoms with Crippen molar-refractivity contribution in [2.24, 2.45) is 0 Å². The van der Waals surface area contributed by atoms with Crippen LogP contribution in [0, 0.1) is 0 Å². The Morgan fingerprint density at radius 3 is 2.76 bits per heavy atom. The number of alkyl halides is 1. The molecule has 0 radical (unpaired) electrons. The second kappa shape index (κ2) is 11.7. The van der Waals surface area contributed by atoms with Crippen molar-refractivity contribution in [1.82, 2.24) is 20.9 Å². The number of aliphatic hydroxyl groups excluding tert-OH is 1. The highest BCUT2D eigenvalue weighted by Gasteiger charge is 2.49. The lowest BCUT2D eigenvalue weighted by Gasteiger charge is -2.54. The van der Waals surface area contributed by atoms with Gasteiger partial charge in [-0.3, -0.25) is 20.3 Å². The molecule has 33 heavy (non-hydrogen) atoms. The van der Waals surface area contributed by atoms with Crippen molar-refractivity contribution in [1.29, 1.82) is 0 Å². The number of nitrogens with one attached hydrogen (secondary N) is 3. The van der Waals surface area contributed by atoms with Crippen LogP contribution in [0.25, 0.3) is 0 Å². The number of allylic oxidation sites excluding steroid dienone is 2. The first kappa shape index (κ1) is 25.2. The van der Waals surface area contributed by atoms with Crippen LogP contribution in [-0.2, 0) is 4.79 Å². The number of piperazine rings is 1. The maximum atomic E-state index is 12.7. The maximum absolute atomic E-state index is 12.7. The smallest absolute Gasteiger partial charge is 0.243 e. The molecular weight excluding hydrogens is 436 g/mol. The number of unbranched alkanes of at least 4 members (excludes halogenated alkanes) is 3. The molecular formula is C26H43ClN4O2. The van der Waals surface area contributed by atoms with Crippen molar-refractivity contribution in [2.75, 3.05) is 6.54 Å². The molecule has 0 saturated carbocycles. The highest BCUT2D eigenvalue weighted by Crippen LogP contribution is 2.36. The van der Waals surface area contributed by atoms with Crippen molar-refractivity contribution in [3.05, 3.63) is 22.8 Å². The number of carbonyl (C=O) groups is 1. The van der Waals surface area contributed by atoms with Crippen LogP contribution in [0.4, 0.5) is 0 Å². The molecule has 4 rings (SSSR count). The van der Waals surface area contributed by atoms with Gasteiger partial charge in [-0.15, -0.1) is 11.6 Å². The lowest BCUT2D eigenvalue weighted by Crippen LogP contribution is -2.79. The Bertz CT molecular complexity index is 755. The van der Waals surface area contributed by atoms with E-state index in [2.05, 4.69) is 40.8 Å². The number of halogens is 1. The molecule has 0 aromatic carbocycles. The van der Waals surface area contributed by atoms with Crippen LogP contribution in [0.2, 0.25) is 0 Å². The maximum Gasteiger partial charge on any atom is 0.243 e. The second-order valence-corrected chi connectivity index (χ2v) is 11.1. The third kappa shape index (κ3) is 6.21. The molecule has 1 amide bonds. The summed E-state index contributed by atoms with van der Waals surface area (Å²) in [4.78, 5) is 15.2. The molecule has 0 aromatic heterocycles. The topological polar surface area (TPSA) is 76.6 Å². The van der Waals surface area contributed by atoms with E-state index in [0.29, 0.717) is 11.4 Å². The third-order valence-corrected chi connectivity index (χ3v) is 8.52. The van der Waals surface area contributed by atoms with E-state index >= 15 is 0 Å². The first-order valence-electron chi connectivity index (χ1n) is 13.2. The molecule has 0 spiro atoms. The van der Waals surface area contributed by atoms with Crippen LogP contribution in [0.5, 0.6) is 0 Å². The van der Waals surface area contributed by atoms with Crippen molar-refractivity contribution in [3.8, 4) is 0 Å². The molecule has 2 aliphatic carbocycles. The minimum Gasteiger partial charge on any atom is -0.361 e. The minimum atomic E-state index is -0.990. The minimum absolute atomic E-state index is 0.107. The predicted octanol–water partition coefficient (Wildman–Crippen LogP) is 3.90. The van der Waals surface area contributed by atoms with E-state index < -0.39 is 6.35 Å². The Morgan fingerprint density at radius 1 is 1.15 bits per heavy atom. The zero-order valence-corrected chi connectivity index (χ0v) is 21.2. The summed E-state index contributed by atoms with van der Waals surface area (Å²) in [6.07, 6.45) is 14.9. The fraction of sp³-hybridized carbons (Fsp3) is 0.808. The molecule has 6 atom stereocenters. The monoisotopic (exact) mass is 478 g/mol. The van der Waals surface area contributed by atoms with Crippen molar-refractivity contribution in [2.45, 2.75) is 127 Å². The van der Waals surface area contributed by atoms with Crippen molar-refractivity contribution >= 4 is 17.5 Å². The number of amides is 1. The summed E-state index contributed by atoms with van der Waals surface area (Å²) in [5.74, 6) is -0.107. The fourth-order valence-corrected chi connectivity index (χ4v) is 6.41. The number of nitrogens with zero attached hydrogens (tertiary/aromatic N) is 1. The van der Waals surface area contributed by atoms with Crippen molar-refractivity contribution < 1.29 is 9.90 Å². The highest BCUT2D eigenvalue weighted by atomic mass is 35.5. The van der Waals surface area contributed by atoms with Crippen LogP contribution in [-0.4, -0.2) is 58.5 Å². The average molecular weight is 479 g/mol. The first-order valence-corrected chi connectivity index (χ1v) is 13.7. The first-order chi connectivity index (χ1) is 16.0. The summed E-state index contributed by atoms with van der Waals surface area (Å²) in [5, 5.41) is 20.1. The number of fused-ring (bicyclic) bond motifs is 2. The summed E-state index contributed by atoms with van der Waals surface area (Å²) < 4.78 is 0. The Kier molecular flexibility index (Phi) is 8.91. The number of hydrogen-bond acceptors (Lipinski definition) is 5. The normalized spacial score (nSPS) is 35.0. The SMILES string of the molecule is CCCCCCC1=C(C)CC2NC3C(=O)NC(O)NC3N(CCCC3=CCC(Cl)CC3)[C@H]2C1. The van der Waals surface area contributed by atoms with E-state index in [9.17, 15) is 9.90 Å². The molecule has 186 valence electrons. The predicted molar refractivity (Wildman–Crippen MR) is 134 cm³/mol. The van der Waals surface area contributed by atoms with E-state index in [1.807, 2.05) is 0 Å². The van der Waals surface area contributed by atoms with Gasteiger partial charge in [0.1, 0.15) is 6.04 Å². The number of rotatable bonds is 9. The molecule has 2 fully saturated rings. The third-order valence-electron chi connectivity index (χ3n) is 8.12. The molecule has 2 aliphatic heterocycles. The van der Waals surface area contributed by atoms with Gasteiger partial charge in [0.15, 0.2) is 6.35 Å². The zero-order chi connectivity index (χ0) is 23.4. The summed E-state index contributed by atoms with van der Waals surface area (Å²) in [6, 6.07) is 0.299. The molecule has 0 bridgehead atoms. The largest absolute Gasteiger partial charge is 0.361 e. The standard InChI is InChI=1S/C26H43ClN4O2/c1-3-4-5-6-9-19-16-22-21(15-17(19)2)28-23-24(29-26(33)30-25(23)32)31(22)14-7-8-18-10-12-20(27)13-11-18/h10,20-24,26,28-29,33H,3-9,11-16H2,1-2H3,(H,30,32)/t20?,21?,22-,23?,24?,26?/m0/s1. The Morgan fingerprint density at radius 2 is 2.00 bits per heavy atom. The summed E-state index contributed by atoms with van der Waals surface area (Å²) in [5.41, 5.74) is 4.65. The lowest BCUT2D eigenvalue weighted by atomic mass is 9.79. The Hall–Kier alpha value is -0.920. The van der Waals surface area contributed by atoms with Gasteiger partial charge in [0.05, 0.1) is 6.17 Å². The molecule has 4 N–H and O–H groups in total. The molecule has 5 unspecified atom stereocenters. The van der Waals surface area contributed by atoms with Gasteiger partial charge < -0.3 is 10.4 Å². The fourth-order valence-electron chi connectivity index (χ4n) is 6.21. The van der Waals surface area contributed by atoms with Crippen LogP contribution >= 0.6 is 11.6 Å². The van der Waals surface area contributed by atoms with Gasteiger partial charge >= 0.3 is 0 Å². The van der Waals surface area contributed by atoms with Gasteiger partial charge in [-0.05, 0) is 64.7 Å². The molecule has 2 saturated heterocycles. The van der Waals surface area contributed by atoms with Gasteiger partial charge in [-0.2, -0.15) is 0 Å². The van der Waals surface area contributed by atoms with Crippen LogP contribution in [0.1, 0.15) is 90.9 Å². The van der Waals surface area contributed by atoms with Gasteiger partial charge in [0, 0.05) is 24.0 Å². The van der Waals surface area contributed by atoms with E-state index in [0.717, 1.165) is 51.5 Å². The number of aliphatic hydroxyl groups is 1. The van der Waals surface area contributed by atoms with Gasteiger partial charge in [0.25, 0.3) is 0 Å². The van der Waals surface area contributed by atoms with Crippen LogP contribution < -0.4 is 16.0 Å². The van der Waals surface area contributed by atoms with E-state index in [1.54, 1.807) is 5.57 Å². The molecule has 0 aromatic rings. The van der Waals surface area contributed by atoms with Crippen LogP contribution in [0.3, 0.4) is 0 Å². The summed E-state index contributed by atoms with van der Waals surface area (Å²) in [6.45, 7) is 5.48.